The van der Waals surface area contributed by atoms with Crippen molar-refractivity contribution < 1.29 is 12.8 Å². The maximum atomic E-state index is 13.0. The average Bonchev–Trinajstić information content (AvgIpc) is 3.03. The van der Waals surface area contributed by atoms with Crippen molar-refractivity contribution in [2.75, 3.05) is 0 Å². The molecular weight excluding hydrogens is 371 g/mol. The Hall–Kier alpha value is -0.820. The minimum atomic E-state index is -3.61. The van der Waals surface area contributed by atoms with Crippen LogP contribution in [0.25, 0.3) is 11.1 Å². The van der Waals surface area contributed by atoms with Crippen molar-refractivity contribution in [1.82, 2.24) is 4.98 Å². The number of fused-ring (bicyclic) bond motifs is 1. The summed E-state index contributed by atoms with van der Waals surface area (Å²) in [5.41, 5.74) is 6.33. The molecule has 3 rings (SSSR count). The highest BCUT2D eigenvalue weighted by atomic mass is 35.5. The van der Waals surface area contributed by atoms with Crippen molar-refractivity contribution >= 4 is 44.9 Å². The average molecular weight is 393 g/mol. The van der Waals surface area contributed by atoms with Gasteiger partial charge in [0.15, 0.2) is 15.4 Å². The number of benzene rings is 1. The summed E-state index contributed by atoms with van der Waals surface area (Å²) in [6, 6.07) is 3.18. The summed E-state index contributed by atoms with van der Waals surface area (Å²) < 4.78 is 31.9. The molecule has 2 aromatic rings. The molecule has 1 saturated carbocycles. The molecular formula is C16H22Cl2N2O3S. The maximum Gasteiger partial charge on any atom is 0.200 e. The molecule has 0 unspecified atom stereocenters. The van der Waals surface area contributed by atoms with Crippen LogP contribution in [0.5, 0.6) is 0 Å². The molecule has 8 heteroatoms. The van der Waals surface area contributed by atoms with Crippen molar-refractivity contribution in [3.63, 3.8) is 0 Å². The van der Waals surface area contributed by atoms with Crippen LogP contribution >= 0.6 is 24.0 Å². The van der Waals surface area contributed by atoms with E-state index in [0.29, 0.717) is 30.7 Å². The topological polar surface area (TPSA) is 86.2 Å². The molecule has 0 aliphatic heterocycles. The quantitative estimate of drug-likeness (QED) is 0.838. The fourth-order valence-electron chi connectivity index (χ4n) is 2.95. The first kappa shape index (κ1) is 19.5. The van der Waals surface area contributed by atoms with E-state index in [-0.39, 0.29) is 39.4 Å². The van der Waals surface area contributed by atoms with E-state index in [2.05, 4.69) is 4.98 Å². The van der Waals surface area contributed by atoms with Gasteiger partial charge in [0.1, 0.15) is 10.4 Å². The summed E-state index contributed by atoms with van der Waals surface area (Å²) in [4.78, 5) is 4.48. The van der Waals surface area contributed by atoms with Gasteiger partial charge in [-0.25, -0.2) is 13.4 Å². The number of hydrogen-bond donors (Lipinski definition) is 1. The van der Waals surface area contributed by atoms with Crippen LogP contribution in [0.2, 0.25) is 5.02 Å². The predicted octanol–water partition coefficient (Wildman–Crippen LogP) is 3.85. The molecule has 1 aliphatic rings. The summed E-state index contributed by atoms with van der Waals surface area (Å²) >= 11 is 6.23. The molecule has 1 aromatic carbocycles. The molecule has 0 saturated heterocycles. The first-order chi connectivity index (χ1) is 10.6. The Bertz CT molecular complexity index is 856. The Morgan fingerprint density at radius 2 is 1.96 bits per heavy atom. The Balaban J connectivity index is 0.00000208. The summed E-state index contributed by atoms with van der Waals surface area (Å²) in [5.74, 6) is 0.495. The van der Waals surface area contributed by atoms with Crippen LogP contribution in [0, 0.1) is 0 Å². The number of halogens is 2. The van der Waals surface area contributed by atoms with Gasteiger partial charge in [0.25, 0.3) is 0 Å². The van der Waals surface area contributed by atoms with E-state index in [0.717, 1.165) is 0 Å². The zero-order valence-electron chi connectivity index (χ0n) is 13.9. The third-order valence-corrected chi connectivity index (χ3v) is 6.96. The smallest absolute Gasteiger partial charge is 0.200 e. The van der Waals surface area contributed by atoms with Gasteiger partial charge in [0, 0.05) is 11.5 Å². The van der Waals surface area contributed by atoms with Gasteiger partial charge in [-0.1, -0.05) is 32.4 Å². The minimum absolute atomic E-state index is 0. The van der Waals surface area contributed by atoms with Gasteiger partial charge in [-0.05, 0) is 31.4 Å². The lowest BCUT2D eigenvalue weighted by Gasteiger charge is -2.13. The highest BCUT2D eigenvalue weighted by molar-refractivity contribution is 7.92. The first-order valence-electron chi connectivity index (χ1n) is 7.69. The SMILES string of the molecule is CC(C)(C)c1nc2ccc(Cl)c(S(=O)(=O)[C@@H]3CC[C@H](N)C3)c2o1.Cl. The van der Waals surface area contributed by atoms with Gasteiger partial charge < -0.3 is 10.2 Å². The van der Waals surface area contributed by atoms with Crippen LogP contribution in [-0.4, -0.2) is 24.7 Å². The Labute approximate surface area is 153 Å². The van der Waals surface area contributed by atoms with Crippen molar-refractivity contribution in [1.29, 1.82) is 0 Å². The van der Waals surface area contributed by atoms with E-state index in [1.807, 2.05) is 20.8 Å². The monoisotopic (exact) mass is 392 g/mol. The molecule has 134 valence electrons. The van der Waals surface area contributed by atoms with Crippen molar-refractivity contribution in [3.8, 4) is 0 Å². The van der Waals surface area contributed by atoms with Gasteiger partial charge >= 0.3 is 0 Å². The predicted molar refractivity (Wildman–Crippen MR) is 97.8 cm³/mol. The number of nitrogens with zero attached hydrogens (tertiary/aromatic N) is 1. The molecule has 1 fully saturated rings. The highest BCUT2D eigenvalue weighted by Crippen LogP contribution is 2.38. The van der Waals surface area contributed by atoms with Crippen LogP contribution in [-0.2, 0) is 15.3 Å². The van der Waals surface area contributed by atoms with E-state index in [1.54, 1.807) is 12.1 Å². The lowest BCUT2D eigenvalue weighted by Crippen LogP contribution is -2.22. The highest BCUT2D eigenvalue weighted by Gasteiger charge is 2.37. The van der Waals surface area contributed by atoms with Crippen LogP contribution in [0.15, 0.2) is 21.4 Å². The molecule has 1 heterocycles. The molecule has 24 heavy (non-hydrogen) atoms. The van der Waals surface area contributed by atoms with E-state index in [4.69, 9.17) is 21.8 Å². The summed E-state index contributed by atoms with van der Waals surface area (Å²) in [7, 11) is -3.61. The summed E-state index contributed by atoms with van der Waals surface area (Å²) in [6.45, 7) is 5.89. The fourth-order valence-corrected chi connectivity index (χ4v) is 5.45. The molecule has 2 atom stereocenters. The molecule has 0 amide bonds. The first-order valence-corrected chi connectivity index (χ1v) is 9.62. The second-order valence-corrected chi connectivity index (χ2v) is 9.81. The van der Waals surface area contributed by atoms with Gasteiger partial charge in [-0.3, -0.25) is 0 Å². The van der Waals surface area contributed by atoms with Crippen molar-refractivity contribution in [2.24, 2.45) is 5.73 Å². The lowest BCUT2D eigenvalue weighted by atomic mass is 9.97. The molecule has 0 bridgehead atoms. The Morgan fingerprint density at radius 3 is 2.50 bits per heavy atom. The van der Waals surface area contributed by atoms with Crippen LogP contribution in [0.4, 0.5) is 0 Å². The zero-order valence-corrected chi connectivity index (χ0v) is 16.3. The number of sulfone groups is 1. The minimum Gasteiger partial charge on any atom is -0.439 e. The normalized spacial score (nSPS) is 21.9. The number of nitrogens with two attached hydrogens (primary N) is 1. The van der Waals surface area contributed by atoms with Crippen molar-refractivity contribution in [3.05, 3.63) is 23.0 Å². The third kappa shape index (κ3) is 3.29. The van der Waals surface area contributed by atoms with Gasteiger partial charge in [0.05, 0.1) is 10.3 Å². The summed E-state index contributed by atoms with van der Waals surface area (Å²) in [5, 5.41) is -0.335. The van der Waals surface area contributed by atoms with Crippen LogP contribution < -0.4 is 5.73 Å². The van der Waals surface area contributed by atoms with Gasteiger partial charge in [0.2, 0.25) is 5.89 Å². The number of hydrogen-bond acceptors (Lipinski definition) is 5. The van der Waals surface area contributed by atoms with Gasteiger partial charge in [-0.2, -0.15) is 0 Å². The van der Waals surface area contributed by atoms with E-state index < -0.39 is 15.1 Å². The van der Waals surface area contributed by atoms with Crippen LogP contribution in [0.3, 0.4) is 0 Å². The molecule has 5 nitrogen and oxygen atoms in total. The zero-order chi connectivity index (χ0) is 17.0. The van der Waals surface area contributed by atoms with E-state index in [9.17, 15) is 8.42 Å². The van der Waals surface area contributed by atoms with E-state index >= 15 is 0 Å². The molecule has 2 N–H and O–H groups in total. The number of rotatable bonds is 2. The lowest BCUT2D eigenvalue weighted by molar-refractivity contribution is 0.408. The Kier molecular flexibility index (Phi) is 5.27. The second-order valence-electron chi connectivity index (χ2n) is 7.23. The largest absolute Gasteiger partial charge is 0.439 e. The second kappa shape index (κ2) is 6.48. The molecule has 1 aliphatic carbocycles. The fraction of sp³-hybridized carbons (Fsp3) is 0.562. The van der Waals surface area contributed by atoms with Crippen LogP contribution in [0.1, 0.15) is 45.9 Å². The van der Waals surface area contributed by atoms with E-state index in [1.165, 1.54) is 0 Å². The number of aromatic nitrogens is 1. The number of oxazole rings is 1. The molecule has 0 spiro atoms. The van der Waals surface area contributed by atoms with Gasteiger partial charge in [-0.15, -0.1) is 12.4 Å². The standard InChI is InChI=1S/C16H21ClN2O3S.ClH/c1-16(2,3)15-19-12-7-6-11(17)14(13(12)22-15)23(20,21)10-5-4-9(18)8-10;/h6-7,9-10H,4-5,8,18H2,1-3H3;1H/t9-,10+;/m0./s1. The Morgan fingerprint density at radius 1 is 1.29 bits per heavy atom. The molecule has 1 aromatic heterocycles. The summed E-state index contributed by atoms with van der Waals surface area (Å²) in [6.07, 6.45) is 1.72. The van der Waals surface area contributed by atoms with Crippen molar-refractivity contribution in [2.45, 2.75) is 61.6 Å². The maximum absolute atomic E-state index is 13.0. The molecule has 0 radical (unpaired) electrons. The third-order valence-electron chi connectivity index (χ3n) is 4.25.